The van der Waals surface area contributed by atoms with E-state index in [9.17, 15) is 4.79 Å². The number of carbonyl (C=O) groups excluding carboxylic acids is 1. The summed E-state index contributed by atoms with van der Waals surface area (Å²) in [7, 11) is 2.02. The van der Waals surface area contributed by atoms with Gasteiger partial charge in [0, 0.05) is 35.1 Å². The molecule has 0 fully saturated rings. The molecule has 0 aliphatic rings. The van der Waals surface area contributed by atoms with E-state index in [0.29, 0.717) is 6.42 Å². The van der Waals surface area contributed by atoms with E-state index in [0.717, 1.165) is 28.9 Å². The molecule has 4 heteroatoms. The van der Waals surface area contributed by atoms with Gasteiger partial charge in [-0.05, 0) is 32.2 Å². The molecule has 0 saturated carbocycles. The summed E-state index contributed by atoms with van der Waals surface area (Å²) in [4.78, 5) is 14.2. The lowest BCUT2D eigenvalue weighted by atomic mass is 10.1. The van der Waals surface area contributed by atoms with Gasteiger partial charge in [0.05, 0.1) is 6.26 Å². The van der Waals surface area contributed by atoms with Gasteiger partial charge in [-0.15, -0.1) is 0 Å². The number of nitrogens with zero attached hydrogens (tertiary/aromatic N) is 1. The highest BCUT2D eigenvalue weighted by Crippen LogP contribution is 2.13. The van der Waals surface area contributed by atoms with Crippen molar-refractivity contribution in [3.05, 3.63) is 58.0 Å². The quantitative estimate of drug-likeness (QED) is 0.746. The van der Waals surface area contributed by atoms with Crippen LogP contribution in [0.4, 0.5) is 0 Å². The van der Waals surface area contributed by atoms with Crippen LogP contribution < -0.4 is 0 Å². The van der Waals surface area contributed by atoms with Crippen LogP contribution in [0.25, 0.3) is 0 Å². The first kappa shape index (κ1) is 15.0. The molecule has 0 aliphatic heterocycles. The first-order chi connectivity index (χ1) is 9.56. The first-order valence-electron chi connectivity index (χ1n) is 6.56. The highest BCUT2D eigenvalue weighted by atomic mass is 79.9. The van der Waals surface area contributed by atoms with Crippen LogP contribution in [0.3, 0.4) is 0 Å². The molecule has 0 spiro atoms. The maximum atomic E-state index is 12.1. The van der Waals surface area contributed by atoms with E-state index in [1.54, 1.807) is 6.26 Å². The van der Waals surface area contributed by atoms with Gasteiger partial charge >= 0.3 is 0 Å². The van der Waals surface area contributed by atoms with Gasteiger partial charge in [0.15, 0.2) is 5.78 Å². The van der Waals surface area contributed by atoms with E-state index in [-0.39, 0.29) is 5.78 Å². The molecule has 1 aromatic carbocycles. The molecular weight excluding hydrogens is 318 g/mol. The lowest BCUT2D eigenvalue weighted by molar-refractivity contribution is 0.0968. The fraction of sp³-hybridized carbons (Fsp3) is 0.312. The van der Waals surface area contributed by atoms with E-state index in [1.807, 2.05) is 44.3 Å². The molecule has 2 rings (SSSR count). The van der Waals surface area contributed by atoms with Crippen LogP contribution in [0.2, 0.25) is 0 Å². The molecular formula is C16H18BrNO2. The largest absolute Gasteiger partial charge is 0.469 e. The second-order valence-corrected chi connectivity index (χ2v) is 5.84. The van der Waals surface area contributed by atoms with Crippen molar-refractivity contribution in [3.63, 3.8) is 0 Å². The van der Waals surface area contributed by atoms with Crippen LogP contribution in [0, 0.1) is 6.92 Å². The van der Waals surface area contributed by atoms with Gasteiger partial charge in [0.25, 0.3) is 0 Å². The molecule has 0 radical (unpaired) electrons. The van der Waals surface area contributed by atoms with Crippen molar-refractivity contribution in [2.24, 2.45) is 0 Å². The predicted octanol–water partition coefficient (Wildman–Crippen LogP) is 4.06. The summed E-state index contributed by atoms with van der Waals surface area (Å²) in [6.45, 7) is 3.49. The van der Waals surface area contributed by atoms with Crippen LogP contribution in [0.1, 0.15) is 28.1 Å². The molecule has 0 unspecified atom stereocenters. The highest BCUT2D eigenvalue weighted by Gasteiger charge is 2.09. The number of Topliss-reactive ketones (excluding diaryl/α,β-unsaturated/α-hetero) is 1. The van der Waals surface area contributed by atoms with Crippen molar-refractivity contribution < 1.29 is 9.21 Å². The molecule has 1 aromatic heterocycles. The van der Waals surface area contributed by atoms with Crippen molar-refractivity contribution in [2.75, 3.05) is 13.6 Å². The Labute approximate surface area is 127 Å². The maximum Gasteiger partial charge on any atom is 0.164 e. The Bertz CT molecular complexity index is 574. The van der Waals surface area contributed by atoms with Crippen LogP contribution in [-0.4, -0.2) is 24.3 Å². The number of carbonyl (C=O) groups is 1. The zero-order valence-electron chi connectivity index (χ0n) is 11.7. The fourth-order valence-corrected chi connectivity index (χ4v) is 2.28. The third-order valence-electron chi connectivity index (χ3n) is 3.29. The van der Waals surface area contributed by atoms with Gasteiger partial charge in [0.1, 0.15) is 5.76 Å². The van der Waals surface area contributed by atoms with Crippen molar-refractivity contribution in [1.29, 1.82) is 0 Å². The van der Waals surface area contributed by atoms with Gasteiger partial charge in [0.2, 0.25) is 0 Å². The number of benzene rings is 1. The molecule has 20 heavy (non-hydrogen) atoms. The number of hydrogen-bond donors (Lipinski definition) is 0. The molecule has 0 bridgehead atoms. The molecule has 1 heterocycles. The minimum Gasteiger partial charge on any atom is -0.469 e. The standard InChI is InChI=1S/C16H18BrNO2/c1-12-14(8-10-20-12)11-18(2)9-7-16(19)13-3-5-15(17)6-4-13/h3-6,8,10H,7,9,11H2,1-2H3. The number of halogens is 1. The van der Waals surface area contributed by atoms with Gasteiger partial charge in [-0.25, -0.2) is 0 Å². The number of hydrogen-bond acceptors (Lipinski definition) is 3. The number of aryl methyl sites for hydroxylation is 1. The Kier molecular flexibility index (Phi) is 5.15. The monoisotopic (exact) mass is 335 g/mol. The molecule has 3 nitrogen and oxygen atoms in total. The topological polar surface area (TPSA) is 33.5 Å². The van der Waals surface area contributed by atoms with E-state index < -0.39 is 0 Å². The van der Waals surface area contributed by atoms with Crippen molar-refractivity contribution in [1.82, 2.24) is 4.90 Å². The van der Waals surface area contributed by atoms with Crippen molar-refractivity contribution in [2.45, 2.75) is 19.9 Å². The second-order valence-electron chi connectivity index (χ2n) is 4.92. The zero-order valence-corrected chi connectivity index (χ0v) is 13.3. The van der Waals surface area contributed by atoms with E-state index in [2.05, 4.69) is 20.8 Å². The van der Waals surface area contributed by atoms with Crippen LogP contribution in [0.5, 0.6) is 0 Å². The number of furan rings is 1. The van der Waals surface area contributed by atoms with Crippen molar-refractivity contribution in [3.8, 4) is 0 Å². The summed E-state index contributed by atoms with van der Waals surface area (Å²) in [6.07, 6.45) is 2.22. The Morgan fingerprint density at radius 3 is 2.55 bits per heavy atom. The van der Waals surface area contributed by atoms with E-state index in [4.69, 9.17) is 4.42 Å². The molecule has 0 atom stereocenters. The van der Waals surface area contributed by atoms with Gasteiger partial charge < -0.3 is 9.32 Å². The summed E-state index contributed by atoms with van der Waals surface area (Å²) < 4.78 is 6.26. The average Bonchev–Trinajstić information content (AvgIpc) is 2.82. The third kappa shape index (κ3) is 4.05. The summed E-state index contributed by atoms with van der Waals surface area (Å²) in [5.74, 6) is 1.12. The third-order valence-corrected chi connectivity index (χ3v) is 3.82. The van der Waals surface area contributed by atoms with Crippen LogP contribution in [0.15, 0.2) is 45.5 Å². The van der Waals surface area contributed by atoms with E-state index >= 15 is 0 Å². The fourth-order valence-electron chi connectivity index (χ4n) is 2.02. The summed E-state index contributed by atoms with van der Waals surface area (Å²) in [5.41, 5.74) is 1.93. The van der Waals surface area contributed by atoms with Crippen LogP contribution in [-0.2, 0) is 6.54 Å². The Hall–Kier alpha value is -1.39. The molecule has 0 N–H and O–H groups in total. The predicted molar refractivity (Wildman–Crippen MR) is 82.9 cm³/mol. The lowest BCUT2D eigenvalue weighted by Crippen LogP contribution is -2.21. The Morgan fingerprint density at radius 2 is 1.95 bits per heavy atom. The van der Waals surface area contributed by atoms with Gasteiger partial charge in [-0.2, -0.15) is 0 Å². The van der Waals surface area contributed by atoms with Crippen molar-refractivity contribution >= 4 is 21.7 Å². The summed E-state index contributed by atoms with van der Waals surface area (Å²) >= 11 is 3.37. The summed E-state index contributed by atoms with van der Waals surface area (Å²) in [5, 5.41) is 0. The van der Waals surface area contributed by atoms with Gasteiger partial charge in [-0.1, -0.05) is 28.1 Å². The molecule has 2 aromatic rings. The maximum absolute atomic E-state index is 12.1. The molecule has 0 saturated heterocycles. The summed E-state index contributed by atoms with van der Waals surface area (Å²) in [6, 6.07) is 9.47. The van der Waals surface area contributed by atoms with E-state index in [1.165, 1.54) is 5.56 Å². The normalized spacial score (nSPS) is 11.0. The average molecular weight is 336 g/mol. The first-order valence-corrected chi connectivity index (χ1v) is 7.36. The second kappa shape index (κ2) is 6.86. The molecule has 0 amide bonds. The molecule has 0 aliphatic carbocycles. The highest BCUT2D eigenvalue weighted by molar-refractivity contribution is 9.10. The Morgan fingerprint density at radius 1 is 1.25 bits per heavy atom. The lowest BCUT2D eigenvalue weighted by Gasteiger charge is -2.15. The SMILES string of the molecule is Cc1occc1CN(C)CCC(=O)c1ccc(Br)cc1. The Balaban J connectivity index is 1.84. The minimum absolute atomic E-state index is 0.174. The minimum atomic E-state index is 0.174. The molecule has 106 valence electrons. The smallest absolute Gasteiger partial charge is 0.164 e. The number of rotatable bonds is 6. The number of ketones is 1. The zero-order chi connectivity index (χ0) is 14.5. The van der Waals surface area contributed by atoms with Gasteiger partial charge in [-0.3, -0.25) is 4.79 Å². The van der Waals surface area contributed by atoms with Crippen LogP contribution >= 0.6 is 15.9 Å².